The van der Waals surface area contributed by atoms with E-state index in [0.29, 0.717) is 6.42 Å². The van der Waals surface area contributed by atoms with Crippen LogP contribution in [0.3, 0.4) is 0 Å². The Balaban J connectivity index is 2.42. The number of nitrogens with zero attached hydrogens (tertiary/aromatic N) is 1. The molecule has 1 saturated carbocycles. The molecule has 0 spiro atoms. The summed E-state index contributed by atoms with van der Waals surface area (Å²) in [6.45, 7) is 0. The Hall–Kier alpha value is -0.490. The number of thioether (sulfide) groups is 1. The highest BCUT2D eigenvalue weighted by atomic mass is 32.2. The molecule has 1 aliphatic rings. The van der Waals surface area contributed by atoms with Crippen LogP contribution in [0.4, 0.5) is 0 Å². The summed E-state index contributed by atoms with van der Waals surface area (Å²) >= 11 is 1.12. The number of hydrogen-bond donors (Lipinski definition) is 0. The fraction of sp³-hybridized carbons (Fsp3) is 0.714. The standard InChI is InChI=1S/C7H9NOS/c8-5-10-7-4-2-1-3-6(7)9/h7H,1-4H2. The van der Waals surface area contributed by atoms with Crippen LogP contribution < -0.4 is 0 Å². The van der Waals surface area contributed by atoms with Crippen molar-refractivity contribution in [1.82, 2.24) is 0 Å². The third kappa shape index (κ3) is 1.74. The van der Waals surface area contributed by atoms with Crippen LogP contribution in [0, 0.1) is 10.7 Å². The first-order chi connectivity index (χ1) is 4.84. The molecular formula is C7H9NOS. The van der Waals surface area contributed by atoms with E-state index in [0.717, 1.165) is 31.0 Å². The fourth-order valence-corrected chi connectivity index (χ4v) is 1.80. The first kappa shape index (κ1) is 7.62. The first-order valence-corrected chi connectivity index (χ1v) is 4.30. The second-order valence-electron chi connectivity index (χ2n) is 2.41. The number of thiocyanates is 1. The molecule has 0 aromatic carbocycles. The maximum atomic E-state index is 11.0. The minimum absolute atomic E-state index is 0.0150. The van der Waals surface area contributed by atoms with Crippen LogP contribution in [0.15, 0.2) is 0 Å². The minimum atomic E-state index is -0.0150. The normalized spacial score (nSPS) is 25.9. The topological polar surface area (TPSA) is 40.9 Å². The molecule has 1 fully saturated rings. The van der Waals surface area contributed by atoms with Crippen LogP contribution in [0.25, 0.3) is 0 Å². The highest BCUT2D eigenvalue weighted by Gasteiger charge is 2.22. The Bertz CT molecular complexity index is 173. The molecule has 0 bridgehead atoms. The molecular weight excluding hydrogens is 146 g/mol. The molecule has 1 atom stereocenters. The van der Waals surface area contributed by atoms with E-state index in [-0.39, 0.29) is 11.0 Å². The average Bonchev–Trinajstić information content (AvgIpc) is 1.94. The van der Waals surface area contributed by atoms with Crippen molar-refractivity contribution in [2.75, 3.05) is 0 Å². The van der Waals surface area contributed by atoms with Crippen LogP contribution in [0.5, 0.6) is 0 Å². The zero-order chi connectivity index (χ0) is 7.40. The maximum absolute atomic E-state index is 11.0. The van der Waals surface area contributed by atoms with Crippen molar-refractivity contribution in [3.63, 3.8) is 0 Å². The predicted molar refractivity (Wildman–Crippen MR) is 40.5 cm³/mol. The van der Waals surface area contributed by atoms with Gasteiger partial charge in [0, 0.05) is 6.42 Å². The monoisotopic (exact) mass is 155 g/mol. The van der Waals surface area contributed by atoms with E-state index in [4.69, 9.17) is 5.26 Å². The number of nitriles is 1. The summed E-state index contributed by atoms with van der Waals surface area (Å²) in [6, 6.07) is 0. The third-order valence-electron chi connectivity index (χ3n) is 1.69. The van der Waals surface area contributed by atoms with Gasteiger partial charge in [-0.3, -0.25) is 4.79 Å². The zero-order valence-electron chi connectivity index (χ0n) is 5.67. The van der Waals surface area contributed by atoms with Gasteiger partial charge >= 0.3 is 0 Å². The van der Waals surface area contributed by atoms with E-state index in [1.165, 1.54) is 0 Å². The highest BCUT2D eigenvalue weighted by Crippen LogP contribution is 2.24. The smallest absolute Gasteiger partial charge is 0.146 e. The fourth-order valence-electron chi connectivity index (χ4n) is 1.14. The summed E-state index contributed by atoms with van der Waals surface area (Å²) in [6.07, 6.45) is 3.70. The van der Waals surface area contributed by atoms with Crippen molar-refractivity contribution in [2.45, 2.75) is 30.9 Å². The summed E-state index contributed by atoms with van der Waals surface area (Å²) in [5.74, 6) is 0.262. The van der Waals surface area contributed by atoms with Gasteiger partial charge in [-0.15, -0.1) is 0 Å². The Labute approximate surface area is 64.6 Å². The molecule has 3 heteroatoms. The van der Waals surface area contributed by atoms with Crippen LogP contribution in [0.2, 0.25) is 0 Å². The number of Topliss-reactive ketones (excluding diaryl/α,β-unsaturated/α-hetero) is 1. The Kier molecular flexibility index (Phi) is 2.76. The quantitative estimate of drug-likeness (QED) is 0.541. The molecule has 1 rings (SSSR count). The summed E-state index contributed by atoms with van der Waals surface area (Å²) in [5.41, 5.74) is 0. The molecule has 0 radical (unpaired) electrons. The van der Waals surface area contributed by atoms with Gasteiger partial charge in [-0.1, -0.05) is 6.42 Å². The number of hydrogen-bond acceptors (Lipinski definition) is 3. The van der Waals surface area contributed by atoms with E-state index in [9.17, 15) is 4.79 Å². The number of rotatable bonds is 1. The van der Waals surface area contributed by atoms with Gasteiger partial charge in [0.05, 0.1) is 5.25 Å². The number of carbonyl (C=O) groups is 1. The largest absolute Gasteiger partial charge is 0.298 e. The molecule has 0 aliphatic heterocycles. The van der Waals surface area contributed by atoms with E-state index >= 15 is 0 Å². The van der Waals surface area contributed by atoms with Crippen molar-refractivity contribution < 1.29 is 4.79 Å². The SMILES string of the molecule is N#CSC1CCCCC1=O. The predicted octanol–water partition coefficient (Wildman–Crippen LogP) is 1.71. The van der Waals surface area contributed by atoms with E-state index in [1.807, 2.05) is 5.40 Å². The van der Waals surface area contributed by atoms with E-state index < -0.39 is 0 Å². The van der Waals surface area contributed by atoms with Crippen molar-refractivity contribution in [3.05, 3.63) is 0 Å². The van der Waals surface area contributed by atoms with E-state index in [2.05, 4.69) is 0 Å². The van der Waals surface area contributed by atoms with Gasteiger partial charge < -0.3 is 0 Å². The third-order valence-corrected chi connectivity index (χ3v) is 2.58. The number of carbonyl (C=O) groups excluding carboxylic acids is 1. The highest BCUT2D eigenvalue weighted by molar-refractivity contribution is 8.04. The van der Waals surface area contributed by atoms with Gasteiger partial charge in [0.15, 0.2) is 0 Å². The molecule has 54 valence electrons. The van der Waals surface area contributed by atoms with Gasteiger partial charge in [-0.25, -0.2) is 0 Å². The van der Waals surface area contributed by atoms with Crippen molar-refractivity contribution >= 4 is 17.5 Å². The first-order valence-electron chi connectivity index (χ1n) is 3.42. The van der Waals surface area contributed by atoms with Crippen molar-refractivity contribution in [3.8, 4) is 5.40 Å². The van der Waals surface area contributed by atoms with Gasteiger partial charge in [0.1, 0.15) is 11.2 Å². The minimum Gasteiger partial charge on any atom is -0.298 e. The van der Waals surface area contributed by atoms with Crippen LogP contribution in [-0.2, 0) is 4.79 Å². The lowest BCUT2D eigenvalue weighted by atomic mass is 9.99. The van der Waals surface area contributed by atoms with Crippen molar-refractivity contribution in [1.29, 1.82) is 5.26 Å². The van der Waals surface area contributed by atoms with Crippen molar-refractivity contribution in [2.24, 2.45) is 0 Å². The average molecular weight is 155 g/mol. The Morgan fingerprint density at radius 3 is 3.00 bits per heavy atom. The molecule has 0 N–H and O–H groups in total. The molecule has 0 heterocycles. The van der Waals surface area contributed by atoms with Gasteiger partial charge in [0.2, 0.25) is 0 Å². The molecule has 10 heavy (non-hydrogen) atoms. The maximum Gasteiger partial charge on any atom is 0.146 e. The summed E-state index contributed by atoms with van der Waals surface area (Å²) in [4.78, 5) is 11.0. The zero-order valence-corrected chi connectivity index (χ0v) is 6.49. The summed E-state index contributed by atoms with van der Waals surface area (Å²) in [7, 11) is 0. The van der Waals surface area contributed by atoms with Crippen LogP contribution in [0.1, 0.15) is 25.7 Å². The van der Waals surface area contributed by atoms with Gasteiger partial charge in [-0.2, -0.15) is 5.26 Å². The lowest BCUT2D eigenvalue weighted by molar-refractivity contribution is -0.119. The second kappa shape index (κ2) is 3.62. The molecule has 0 aromatic heterocycles. The van der Waals surface area contributed by atoms with E-state index in [1.54, 1.807) is 0 Å². The lowest BCUT2D eigenvalue weighted by Gasteiger charge is -2.15. The molecule has 1 unspecified atom stereocenters. The van der Waals surface area contributed by atoms with Crippen LogP contribution in [-0.4, -0.2) is 11.0 Å². The second-order valence-corrected chi connectivity index (χ2v) is 3.40. The summed E-state index contributed by atoms with van der Waals surface area (Å²) in [5, 5.41) is 10.2. The Morgan fingerprint density at radius 1 is 1.60 bits per heavy atom. The van der Waals surface area contributed by atoms with Gasteiger partial charge in [-0.05, 0) is 24.6 Å². The molecule has 1 aliphatic carbocycles. The van der Waals surface area contributed by atoms with Crippen LogP contribution >= 0.6 is 11.8 Å². The molecule has 0 saturated heterocycles. The molecule has 0 aromatic rings. The summed E-state index contributed by atoms with van der Waals surface area (Å²) < 4.78 is 0. The van der Waals surface area contributed by atoms with Gasteiger partial charge in [0.25, 0.3) is 0 Å². The Morgan fingerprint density at radius 2 is 2.40 bits per heavy atom. The number of ketones is 1. The lowest BCUT2D eigenvalue weighted by Crippen LogP contribution is -2.20. The molecule has 0 amide bonds. The molecule has 2 nitrogen and oxygen atoms in total.